The molecular weight excluding hydrogens is 296 g/mol. The van der Waals surface area contributed by atoms with Crippen molar-refractivity contribution in [2.75, 3.05) is 0 Å². The molecular formula is C20H16N4. The first-order chi connectivity index (χ1) is 11.9. The minimum absolute atomic E-state index is 0.774. The molecule has 24 heavy (non-hydrogen) atoms. The number of pyridine rings is 2. The van der Waals surface area contributed by atoms with Crippen molar-refractivity contribution in [3.8, 4) is 22.5 Å². The SMILES string of the molecule is CCc1ncccc1-c1cccc2ccc(-c3cnccn3)nc12. The number of hydrogen-bond donors (Lipinski definition) is 0. The van der Waals surface area contributed by atoms with E-state index in [1.807, 2.05) is 18.3 Å². The highest BCUT2D eigenvalue weighted by atomic mass is 14.8. The molecule has 0 aliphatic carbocycles. The van der Waals surface area contributed by atoms with Crippen molar-refractivity contribution >= 4 is 10.9 Å². The molecule has 0 amide bonds. The second kappa shape index (κ2) is 6.16. The molecule has 0 saturated carbocycles. The smallest absolute Gasteiger partial charge is 0.107 e. The third-order valence-corrected chi connectivity index (χ3v) is 4.06. The third kappa shape index (κ3) is 2.52. The fraction of sp³-hybridized carbons (Fsp3) is 0.100. The molecule has 0 aliphatic rings. The summed E-state index contributed by atoms with van der Waals surface area (Å²) in [4.78, 5) is 17.9. The Labute approximate surface area is 140 Å². The van der Waals surface area contributed by atoms with Crippen LogP contribution in [-0.4, -0.2) is 19.9 Å². The number of para-hydroxylation sites is 1. The second-order valence-electron chi connectivity index (χ2n) is 5.52. The molecule has 4 rings (SSSR count). The van der Waals surface area contributed by atoms with E-state index in [0.717, 1.165) is 45.5 Å². The second-order valence-corrected chi connectivity index (χ2v) is 5.52. The highest BCUT2D eigenvalue weighted by molar-refractivity contribution is 5.95. The van der Waals surface area contributed by atoms with Crippen LogP contribution in [0.3, 0.4) is 0 Å². The van der Waals surface area contributed by atoms with Crippen molar-refractivity contribution < 1.29 is 0 Å². The van der Waals surface area contributed by atoms with Gasteiger partial charge in [-0.15, -0.1) is 0 Å². The highest BCUT2D eigenvalue weighted by Gasteiger charge is 2.11. The molecule has 0 aliphatic heterocycles. The van der Waals surface area contributed by atoms with Crippen molar-refractivity contribution in [2.24, 2.45) is 0 Å². The van der Waals surface area contributed by atoms with Crippen LogP contribution >= 0.6 is 0 Å². The normalized spacial score (nSPS) is 10.9. The molecule has 1 aromatic carbocycles. The first-order valence-corrected chi connectivity index (χ1v) is 7.97. The van der Waals surface area contributed by atoms with Gasteiger partial charge in [-0.3, -0.25) is 15.0 Å². The van der Waals surface area contributed by atoms with Crippen molar-refractivity contribution in [3.63, 3.8) is 0 Å². The molecule has 116 valence electrons. The number of benzene rings is 1. The van der Waals surface area contributed by atoms with Crippen LogP contribution in [0.4, 0.5) is 0 Å². The van der Waals surface area contributed by atoms with E-state index in [0.29, 0.717) is 0 Å². The Balaban J connectivity index is 1.96. The van der Waals surface area contributed by atoms with E-state index < -0.39 is 0 Å². The molecule has 0 N–H and O–H groups in total. The lowest BCUT2D eigenvalue weighted by Crippen LogP contribution is -1.94. The highest BCUT2D eigenvalue weighted by Crippen LogP contribution is 2.30. The van der Waals surface area contributed by atoms with Crippen LogP contribution in [0.5, 0.6) is 0 Å². The van der Waals surface area contributed by atoms with Crippen LogP contribution in [-0.2, 0) is 6.42 Å². The standard InChI is InChI=1S/C20H16N4/c1-2-17-15(7-4-10-22-17)16-6-3-5-14-8-9-18(24-20(14)16)19-13-21-11-12-23-19/h3-13H,2H2,1H3. The van der Waals surface area contributed by atoms with E-state index in [9.17, 15) is 0 Å². The van der Waals surface area contributed by atoms with Gasteiger partial charge in [0.2, 0.25) is 0 Å². The van der Waals surface area contributed by atoms with Crippen LogP contribution in [0.25, 0.3) is 33.4 Å². The average molecular weight is 312 g/mol. The Kier molecular flexibility index (Phi) is 3.71. The Morgan fingerprint density at radius 2 is 1.71 bits per heavy atom. The van der Waals surface area contributed by atoms with Crippen molar-refractivity contribution in [2.45, 2.75) is 13.3 Å². The van der Waals surface area contributed by atoms with Gasteiger partial charge >= 0.3 is 0 Å². The lowest BCUT2D eigenvalue weighted by Gasteiger charge is -2.10. The average Bonchev–Trinajstić information content (AvgIpc) is 2.68. The van der Waals surface area contributed by atoms with E-state index in [-0.39, 0.29) is 0 Å². The van der Waals surface area contributed by atoms with Gasteiger partial charge in [-0.05, 0) is 18.6 Å². The van der Waals surface area contributed by atoms with Crippen LogP contribution in [0.2, 0.25) is 0 Å². The number of fused-ring (bicyclic) bond motifs is 1. The summed E-state index contributed by atoms with van der Waals surface area (Å²) in [7, 11) is 0. The first kappa shape index (κ1) is 14.5. The molecule has 3 heterocycles. The van der Waals surface area contributed by atoms with E-state index >= 15 is 0 Å². The summed E-state index contributed by atoms with van der Waals surface area (Å²) < 4.78 is 0. The molecule has 0 bridgehead atoms. The monoisotopic (exact) mass is 312 g/mol. The predicted molar refractivity (Wildman–Crippen MR) is 95.4 cm³/mol. The molecule has 0 saturated heterocycles. The molecule has 0 fully saturated rings. The Hall–Kier alpha value is -3.14. The molecule has 0 spiro atoms. The summed E-state index contributed by atoms with van der Waals surface area (Å²) in [6, 6.07) is 14.4. The van der Waals surface area contributed by atoms with Crippen molar-refractivity contribution in [1.29, 1.82) is 0 Å². The number of nitrogens with zero attached hydrogens (tertiary/aromatic N) is 4. The molecule has 0 unspecified atom stereocenters. The predicted octanol–water partition coefficient (Wildman–Crippen LogP) is 4.32. The number of aromatic nitrogens is 4. The maximum atomic E-state index is 4.87. The van der Waals surface area contributed by atoms with Gasteiger partial charge in [-0.25, -0.2) is 4.98 Å². The Bertz CT molecular complexity index is 997. The van der Waals surface area contributed by atoms with Crippen LogP contribution in [0, 0.1) is 0 Å². The summed E-state index contributed by atoms with van der Waals surface area (Å²) in [5, 5.41) is 1.10. The van der Waals surface area contributed by atoms with Gasteiger partial charge < -0.3 is 0 Å². The van der Waals surface area contributed by atoms with Gasteiger partial charge in [-0.1, -0.05) is 37.3 Å². The lowest BCUT2D eigenvalue weighted by molar-refractivity contribution is 1.04. The van der Waals surface area contributed by atoms with Crippen LogP contribution < -0.4 is 0 Å². The maximum Gasteiger partial charge on any atom is 0.107 e. The van der Waals surface area contributed by atoms with Gasteiger partial charge in [-0.2, -0.15) is 0 Å². The van der Waals surface area contributed by atoms with Gasteiger partial charge in [0.15, 0.2) is 0 Å². The fourth-order valence-corrected chi connectivity index (χ4v) is 2.90. The Morgan fingerprint density at radius 3 is 2.54 bits per heavy atom. The van der Waals surface area contributed by atoms with Gasteiger partial charge in [0, 0.05) is 40.8 Å². The largest absolute Gasteiger partial charge is 0.261 e. The number of rotatable bonds is 3. The van der Waals surface area contributed by atoms with Crippen LogP contribution in [0.15, 0.2) is 67.3 Å². The third-order valence-electron chi connectivity index (χ3n) is 4.06. The molecule has 4 aromatic rings. The number of hydrogen-bond acceptors (Lipinski definition) is 4. The zero-order valence-electron chi connectivity index (χ0n) is 13.3. The van der Waals surface area contributed by atoms with Crippen LogP contribution in [0.1, 0.15) is 12.6 Å². The minimum Gasteiger partial charge on any atom is -0.261 e. The van der Waals surface area contributed by atoms with Crippen molar-refractivity contribution in [1.82, 2.24) is 19.9 Å². The van der Waals surface area contributed by atoms with E-state index in [2.05, 4.69) is 52.2 Å². The molecule has 3 aromatic heterocycles. The quantitative estimate of drug-likeness (QED) is 0.565. The van der Waals surface area contributed by atoms with E-state index in [1.54, 1.807) is 18.6 Å². The Morgan fingerprint density at radius 1 is 0.792 bits per heavy atom. The summed E-state index contributed by atoms with van der Waals surface area (Å²) in [5.41, 5.74) is 5.87. The first-order valence-electron chi connectivity index (χ1n) is 7.97. The van der Waals surface area contributed by atoms with E-state index in [4.69, 9.17) is 4.98 Å². The summed E-state index contributed by atoms with van der Waals surface area (Å²) in [6.45, 7) is 2.12. The molecule has 0 atom stereocenters. The lowest BCUT2D eigenvalue weighted by atomic mass is 9.99. The molecule has 4 heteroatoms. The zero-order valence-corrected chi connectivity index (χ0v) is 13.3. The minimum atomic E-state index is 0.774. The summed E-state index contributed by atoms with van der Waals surface area (Å²) in [5.74, 6) is 0. The fourth-order valence-electron chi connectivity index (χ4n) is 2.90. The topological polar surface area (TPSA) is 51.6 Å². The maximum absolute atomic E-state index is 4.87. The zero-order chi connectivity index (χ0) is 16.4. The number of aryl methyl sites for hydroxylation is 1. The van der Waals surface area contributed by atoms with Gasteiger partial charge in [0.25, 0.3) is 0 Å². The summed E-state index contributed by atoms with van der Waals surface area (Å²) >= 11 is 0. The van der Waals surface area contributed by atoms with E-state index in [1.165, 1.54) is 0 Å². The molecule has 0 radical (unpaired) electrons. The summed E-state index contributed by atoms with van der Waals surface area (Å²) in [6.07, 6.45) is 7.81. The van der Waals surface area contributed by atoms with Gasteiger partial charge in [0.1, 0.15) is 5.69 Å². The van der Waals surface area contributed by atoms with Crippen molar-refractivity contribution in [3.05, 3.63) is 72.9 Å². The van der Waals surface area contributed by atoms with Gasteiger partial charge in [0.05, 0.1) is 17.4 Å². The molecule has 4 nitrogen and oxygen atoms in total.